The van der Waals surface area contributed by atoms with E-state index in [9.17, 15) is 9.59 Å². The highest BCUT2D eigenvalue weighted by Crippen LogP contribution is 2.36. The maximum Gasteiger partial charge on any atom is 0.258 e. The van der Waals surface area contributed by atoms with Gasteiger partial charge in [0.1, 0.15) is 5.15 Å². The third-order valence-electron chi connectivity index (χ3n) is 5.65. The second kappa shape index (κ2) is 8.02. The smallest absolute Gasteiger partial charge is 0.258 e. The molecule has 0 unspecified atom stereocenters. The molecule has 0 aliphatic carbocycles. The monoisotopic (exact) mass is 441 g/mol. The average molecular weight is 442 g/mol. The summed E-state index contributed by atoms with van der Waals surface area (Å²) in [6.07, 6.45) is 0. The predicted molar refractivity (Wildman–Crippen MR) is 127 cm³/mol. The van der Waals surface area contributed by atoms with Crippen LogP contribution in [0.1, 0.15) is 32.0 Å². The Morgan fingerprint density at radius 3 is 2.31 bits per heavy atom. The minimum Gasteiger partial charge on any atom is -0.322 e. The largest absolute Gasteiger partial charge is 0.322 e. The van der Waals surface area contributed by atoms with Crippen LogP contribution < -0.4 is 10.2 Å². The summed E-state index contributed by atoms with van der Waals surface area (Å²) in [5, 5.41) is 3.54. The lowest BCUT2D eigenvalue weighted by Crippen LogP contribution is -2.35. The second-order valence-electron chi connectivity index (χ2n) is 7.71. The van der Waals surface area contributed by atoms with Gasteiger partial charge in [-0.15, -0.1) is 0 Å². The van der Waals surface area contributed by atoms with Crippen LogP contribution in [0, 0.1) is 6.92 Å². The molecule has 0 saturated carbocycles. The molecular weight excluding hydrogens is 422 g/mol. The number of nitrogens with zero attached hydrogens (tertiary/aromatic N) is 2. The molecule has 6 heteroatoms. The quantitative estimate of drug-likeness (QED) is 0.433. The fourth-order valence-corrected chi connectivity index (χ4v) is 4.29. The number of nitrogens with one attached hydrogen (secondary N) is 1. The Kier molecular flexibility index (Phi) is 5.04. The highest BCUT2D eigenvalue weighted by molar-refractivity contribution is 6.30. The molecule has 3 aromatic carbocycles. The summed E-state index contributed by atoms with van der Waals surface area (Å²) in [5.41, 5.74) is 5.26. The second-order valence-corrected chi connectivity index (χ2v) is 8.10. The molecule has 0 fully saturated rings. The van der Waals surface area contributed by atoms with Crippen LogP contribution in [0.15, 0.2) is 84.9 Å². The summed E-state index contributed by atoms with van der Waals surface area (Å²) in [7, 11) is 0. The molecule has 32 heavy (non-hydrogen) atoms. The lowest BCUT2D eigenvalue weighted by atomic mass is 10.1. The van der Waals surface area contributed by atoms with E-state index < -0.39 is 0 Å². The summed E-state index contributed by atoms with van der Waals surface area (Å²) >= 11 is 6.38. The van der Waals surface area contributed by atoms with Gasteiger partial charge in [-0.3, -0.25) is 9.59 Å². The molecule has 0 radical (unpaired) electrons. The van der Waals surface area contributed by atoms with Crippen LogP contribution in [0.25, 0.3) is 5.69 Å². The number of fused-ring (bicyclic) bond motifs is 3. The Morgan fingerprint density at radius 1 is 0.844 bits per heavy atom. The number of amides is 2. The number of para-hydroxylation sites is 2. The first-order chi connectivity index (χ1) is 15.5. The average Bonchev–Trinajstić information content (AvgIpc) is 3.20. The van der Waals surface area contributed by atoms with Gasteiger partial charge < -0.3 is 14.8 Å². The highest BCUT2D eigenvalue weighted by atomic mass is 35.5. The molecule has 0 bridgehead atoms. The van der Waals surface area contributed by atoms with Crippen molar-refractivity contribution in [3.63, 3.8) is 0 Å². The van der Waals surface area contributed by atoms with Gasteiger partial charge in [0.2, 0.25) is 0 Å². The minimum atomic E-state index is -0.185. The van der Waals surface area contributed by atoms with Gasteiger partial charge in [0.25, 0.3) is 11.8 Å². The van der Waals surface area contributed by atoms with E-state index in [1.54, 1.807) is 29.2 Å². The molecule has 5 rings (SSSR count). The van der Waals surface area contributed by atoms with Crippen LogP contribution in [-0.4, -0.2) is 16.4 Å². The van der Waals surface area contributed by atoms with E-state index in [-0.39, 0.29) is 11.8 Å². The van der Waals surface area contributed by atoms with Crippen molar-refractivity contribution in [2.75, 3.05) is 10.2 Å². The van der Waals surface area contributed by atoms with E-state index in [0.29, 0.717) is 28.5 Å². The SMILES string of the molecule is Cc1cc(C(=O)N2Cc3ccc(Cl)n3-c3ccccc32)ccc1NC(=O)c1ccccc1. The van der Waals surface area contributed by atoms with Gasteiger partial charge in [-0.25, -0.2) is 0 Å². The van der Waals surface area contributed by atoms with Crippen molar-refractivity contribution in [2.24, 2.45) is 0 Å². The Balaban J connectivity index is 1.43. The van der Waals surface area contributed by atoms with Gasteiger partial charge in [-0.05, 0) is 67.1 Å². The molecule has 1 aromatic heterocycles. The lowest BCUT2D eigenvalue weighted by molar-refractivity contribution is 0.0982. The van der Waals surface area contributed by atoms with Gasteiger partial charge in [-0.1, -0.05) is 41.9 Å². The van der Waals surface area contributed by atoms with Gasteiger partial charge in [-0.2, -0.15) is 0 Å². The number of aryl methyl sites for hydroxylation is 1. The number of hydrogen-bond donors (Lipinski definition) is 1. The van der Waals surface area contributed by atoms with Crippen LogP contribution in [0.5, 0.6) is 0 Å². The summed E-state index contributed by atoms with van der Waals surface area (Å²) < 4.78 is 1.97. The zero-order valence-corrected chi connectivity index (χ0v) is 18.1. The van der Waals surface area contributed by atoms with Crippen LogP contribution in [0.4, 0.5) is 11.4 Å². The maximum absolute atomic E-state index is 13.5. The molecule has 1 aliphatic rings. The number of halogens is 1. The first-order valence-corrected chi connectivity index (χ1v) is 10.6. The molecule has 0 saturated heterocycles. The zero-order valence-electron chi connectivity index (χ0n) is 17.4. The summed E-state index contributed by atoms with van der Waals surface area (Å²) in [6, 6.07) is 25.9. The first-order valence-electron chi connectivity index (χ1n) is 10.3. The van der Waals surface area contributed by atoms with E-state index in [4.69, 9.17) is 11.6 Å². The molecule has 0 spiro atoms. The van der Waals surface area contributed by atoms with Crippen molar-refractivity contribution in [3.8, 4) is 5.69 Å². The summed E-state index contributed by atoms with van der Waals surface area (Å²) in [5.74, 6) is -0.291. The van der Waals surface area contributed by atoms with E-state index in [1.807, 2.05) is 72.2 Å². The van der Waals surface area contributed by atoms with Crippen molar-refractivity contribution in [1.82, 2.24) is 4.57 Å². The number of hydrogen-bond acceptors (Lipinski definition) is 2. The zero-order chi connectivity index (χ0) is 22.2. The molecule has 1 N–H and O–H groups in total. The molecule has 2 amide bonds. The molecule has 0 atom stereocenters. The number of carbonyl (C=O) groups excluding carboxylic acids is 2. The van der Waals surface area contributed by atoms with E-state index in [0.717, 1.165) is 22.6 Å². The van der Waals surface area contributed by atoms with E-state index >= 15 is 0 Å². The van der Waals surface area contributed by atoms with Gasteiger partial charge in [0.15, 0.2) is 0 Å². The van der Waals surface area contributed by atoms with Crippen LogP contribution >= 0.6 is 11.6 Å². The van der Waals surface area contributed by atoms with Crippen molar-refractivity contribution >= 4 is 34.8 Å². The van der Waals surface area contributed by atoms with Gasteiger partial charge >= 0.3 is 0 Å². The third kappa shape index (κ3) is 3.47. The standard InChI is InChI=1S/C26H20ClN3O2/c1-17-15-19(11-13-21(17)28-25(31)18-7-3-2-4-8-18)26(32)29-16-20-12-14-24(27)30(20)23-10-6-5-9-22(23)29/h2-15H,16H2,1H3,(H,28,31). The molecular formula is C26H20ClN3O2. The van der Waals surface area contributed by atoms with Crippen molar-refractivity contribution in [3.05, 3.63) is 112 Å². The topological polar surface area (TPSA) is 54.3 Å². The van der Waals surface area contributed by atoms with Crippen LogP contribution in [0.3, 0.4) is 0 Å². The fourth-order valence-electron chi connectivity index (χ4n) is 4.03. The molecule has 4 aromatic rings. The highest BCUT2D eigenvalue weighted by Gasteiger charge is 2.28. The summed E-state index contributed by atoms with van der Waals surface area (Å²) in [6.45, 7) is 2.31. The van der Waals surface area contributed by atoms with E-state index in [2.05, 4.69) is 5.32 Å². The van der Waals surface area contributed by atoms with E-state index in [1.165, 1.54) is 0 Å². The molecule has 158 valence electrons. The Morgan fingerprint density at radius 2 is 1.56 bits per heavy atom. The van der Waals surface area contributed by atoms with Crippen LogP contribution in [0.2, 0.25) is 5.15 Å². The van der Waals surface area contributed by atoms with Crippen molar-refractivity contribution in [2.45, 2.75) is 13.5 Å². The number of rotatable bonds is 3. The number of carbonyl (C=O) groups is 2. The fraction of sp³-hybridized carbons (Fsp3) is 0.0769. The third-order valence-corrected chi connectivity index (χ3v) is 5.95. The number of benzene rings is 3. The maximum atomic E-state index is 13.5. The Hall–Kier alpha value is -3.83. The summed E-state index contributed by atoms with van der Waals surface area (Å²) in [4.78, 5) is 27.7. The normalized spacial score (nSPS) is 12.1. The Bertz CT molecular complexity index is 1340. The molecule has 2 heterocycles. The molecule has 1 aliphatic heterocycles. The van der Waals surface area contributed by atoms with Crippen molar-refractivity contribution < 1.29 is 9.59 Å². The van der Waals surface area contributed by atoms with Crippen LogP contribution in [-0.2, 0) is 6.54 Å². The first kappa shape index (κ1) is 20.1. The molecule has 5 nitrogen and oxygen atoms in total. The number of anilines is 2. The van der Waals surface area contributed by atoms with Gasteiger partial charge in [0, 0.05) is 22.5 Å². The Labute approximate surface area is 190 Å². The lowest BCUT2D eigenvalue weighted by Gasteiger charge is -2.31. The van der Waals surface area contributed by atoms with Gasteiger partial charge in [0.05, 0.1) is 17.9 Å². The van der Waals surface area contributed by atoms with Crippen molar-refractivity contribution in [1.29, 1.82) is 0 Å². The minimum absolute atomic E-state index is 0.106. The number of aromatic nitrogens is 1. The predicted octanol–water partition coefficient (Wildman–Crippen LogP) is 5.85.